The van der Waals surface area contributed by atoms with Gasteiger partial charge in [-0.15, -0.1) is 0 Å². The first-order chi connectivity index (χ1) is 23.7. The van der Waals surface area contributed by atoms with Crippen molar-refractivity contribution in [3.05, 3.63) is 0 Å². The van der Waals surface area contributed by atoms with Crippen LogP contribution >= 0.6 is 11.8 Å². The van der Waals surface area contributed by atoms with E-state index in [2.05, 4.69) is 38.3 Å². The molecule has 2 N–H and O–H groups in total. The van der Waals surface area contributed by atoms with Gasteiger partial charge in [-0.2, -0.15) is 11.8 Å². The number of likely N-dealkylation sites (N-methyl/N-ethyl adjacent to an activating group) is 1. The van der Waals surface area contributed by atoms with Crippen molar-refractivity contribution < 1.29 is 19.1 Å². The number of nitrogens with zero attached hydrogens (tertiary/aromatic N) is 1. The van der Waals surface area contributed by atoms with Gasteiger partial charge in [0.1, 0.15) is 6.04 Å². The van der Waals surface area contributed by atoms with Crippen LogP contribution in [0, 0.1) is 11.8 Å². The summed E-state index contributed by atoms with van der Waals surface area (Å²) in [5.41, 5.74) is 0. The molecule has 0 aliphatic rings. The second kappa shape index (κ2) is 35.1. The second-order valence-electron chi connectivity index (χ2n) is 15.0. The molecule has 0 aliphatic carbocycles. The van der Waals surface area contributed by atoms with Crippen LogP contribution in [-0.4, -0.2) is 74.0 Å². The van der Waals surface area contributed by atoms with E-state index in [9.17, 15) is 14.4 Å². The largest absolute Gasteiger partial charge is 0.466 e. The lowest BCUT2D eigenvalue weighted by Crippen LogP contribution is -2.49. The molecule has 49 heavy (non-hydrogen) atoms. The molecule has 8 heteroatoms. The van der Waals surface area contributed by atoms with E-state index in [1.807, 2.05) is 19.0 Å². The molecule has 0 bridgehead atoms. The van der Waals surface area contributed by atoms with E-state index in [1.54, 1.807) is 11.8 Å². The number of esters is 1. The zero-order valence-corrected chi connectivity index (χ0v) is 34.0. The lowest BCUT2D eigenvalue weighted by atomic mass is 9.93. The van der Waals surface area contributed by atoms with Crippen molar-refractivity contribution in [3.8, 4) is 0 Å². The molecule has 2 amide bonds. The van der Waals surface area contributed by atoms with Crippen molar-refractivity contribution in [2.24, 2.45) is 11.8 Å². The highest BCUT2D eigenvalue weighted by molar-refractivity contribution is 7.99. The number of ether oxygens (including phenoxy) is 1. The number of thioether (sulfide) groups is 1. The minimum absolute atomic E-state index is 0.0363. The molecule has 0 saturated carbocycles. The average molecular weight is 712 g/mol. The molecule has 0 aromatic carbocycles. The maximum Gasteiger partial charge on any atom is 0.306 e. The molecule has 290 valence electrons. The van der Waals surface area contributed by atoms with Crippen molar-refractivity contribution in [3.63, 3.8) is 0 Å². The molecule has 0 radical (unpaired) electrons. The third-order valence-electron chi connectivity index (χ3n) is 9.36. The molecule has 0 saturated heterocycles. The fourth-order valence-corrected chi connectivity index (χ4v) is 7.01. The van der Waals surface area contributed by atoms with E-state index in [0.29, 0.717) is 37.5 Å². The third kappa shape index (κ3) is 32.4. The van der Waals surface area contributed by atoms with Crippen LogP contribution in [0.25, 0.3) is 0 Å². The summed E-state index contributed by atoms with van der Waals surface area (Å²) in [5, 5.41) is 6.22. The third-order valence-corrected chi connectivity index (χ3v) is 10.4. The number of carbonyl (C=O) groups excluding carboxylic acids is 3. The summed E-state index contributed by atoms with van der Waals surface area (Å²) in [5.74, 6) is 1.90. The molecular formula is C41H81N3O4S. The van der Waals surface area contributed by atoms with Crippen molar-refractivity contribution in [1.82, 2.24) is 15.5 Å². The van der Waals surface area contributed by atoms with Gasteiger partial charge in [-0.3, -0.25) is 14.4 Å². The van der Waals surface area contributed by atoms with Gasteiger partial charge >= 0.3 is 5.97 Å². The van der Waals surface area contributed by atoms with Crippen LogP contribution in [0.3, 0.4) is 0 Å². The van der Waals surface area contributed by atoms with Gasteiger partial charge in [0.05, 0.1) is 13.0 Å². The molecule has 2 unspecified atom stereocenters. The smallest absolute Gasteiger partial charge is 0.306 e. The summed E-state index contributed by atoms with van der Waals surface area (Å²) in [6, 6.07) is -0.555. The number of unbranched alkanes of at least 4 members (excludes halogenated alkanes) is 16. The summed E-state index contributed by atoms with van der Waals surface area (Å²) in [6.45, 7) is 10.8. The van der Waals surface area contributed by atoms with E-state index >= 15 is 0 Å². The predicted molar refractivity (Wildman–Crippen MR) is 212 cm³/mol. The fourth-order valence-electron chi connectivity index (χ4n) is 6.09. The highest BCUT2D eigenvalue weighted by Crippen LogP contribution is 2.21. The van der Waals surface area contributed by atoms with E-state index in [4.69, 9.17) is 4.74 Å². The van der Waals surface area contributed by atoms with Crippen molar-refractivity contribution in [2.45, 2.75) is 188 Å². The van der Waals surface area contributed by atoms with Gasteiger partial charge in [0.2, 0.25) is 11.8 Å². The lowest BCUT2D eigenvalue weighted by molar-refractivity contribution is -0.143. The molecule has 2 atom stereocenters. The lowest BCUT2D eigenvalue weighted by Gasteiger charge is -2.23. The normalized spacial score (nSPS) is 12.7. The zero-order chi connectivity index (χ0) is 36.4. The van der Waals surface area contributed by atoms with E-state index in [0.717, 1.165) is 51.0 Å². The second-order valence-corrected chi connectivity index (χ2v) is 16.2. The van der Waals surface area contributed by atoms with Crippen molar-refractivity contribution in [2.75, 3.05) is 45.3 Å². The van der Waals surface area contributed by atoms with E-state index < -0.39 is 6.04 Å². The Morgan fingerprint density at radius 1 is 0.633 bits per heavy atom. The average Bonchev–Trinajstić information content (AvgIpc) is 3.06. The van der Waals surface area contributed by atoms with Crippen LogP contribution in [0.1, 0.15) is 182 Å². The summed E-state index contributed by atoms with van der Waals surface area (Å²) < 4.78 is 5.45. The molecule has 0 aromatic heterocycles. The van der Waals surface area contributed by atoms with Crippen LogP contribution in [0.15, 0.2) is 0 Å². The van der Waals surface area contributed by atoms with Crippen molar-refractivity contribution >= 4 is 29.5 Å². The highest BCUT2D eigenvalue weighted by atomic mass is 32.2. The Morgan fingerprint density at radius 3 is 1.67 bits per heavy atom. The topological polar surface area (TPSA) is 87.7 Å². The van der Waals surface area contributed by atoms with Crippen LogP contribution < -0.4 is 10.6 Å². The quantitative estimate of drug-likeness (QED) is 0.0497. The summed E-state index contributed by atoms with van der Waals surface area (Å²) >= 11 is 1.66. The molecule has 0 fully saturated rings. The summed E-state index contributed by atoms with van der Waals surface area (Å²) in [7, 11) is 3.97. The van der Waals surface area contributed by atoms with Crippen LogP contribution in [0.2, 0.25) is 0 Å². The van der Waals surface area contributed by atoms with Gasteiger partial charge < -0.3 is 20.3 Å². The Balaban J connectivity index is 4.83. The monoisotopic (exact) mass is 712 g/mol. The number of hydrogen-bond donors (Lipinski definition) is 2. The Bertz CT molecular complexity index is 780. The predicted octanol–water partition coefficient (Wildman–Crippen LogP) is 10.1. The fraction of sp³-hybridized carbons (Fsp3) is 0.927. The molecule has 0 spiro atoms. The van der Waals surface area contributed by atoms with Gasteiger partial charge in [0, 0.05) is 24.8 Å². The SMILES string of the molecule is CCCCCCCCCCC(CCCCCCCC)C(=O)NC(CCSCCC(=O)OCCCCCCCC(C)C)C(=O)NCCN(C)C. The maximum absolute atomic E-state index is 13.7. The first-order valence-electron chi connectivity index (χ1n) is 20.7. The Morgan fingerprint density at radius 2 is 1.14 bits per heavy atom. The number of hydrogen-bond acceptors (Lipinski definition) is 6. The van der Waals surface area contributed by atoms with Crippen LogP contribution in [-0.2, 0) is 19.1 Å². The summed E-state index contributed by atoms with van der Waals surface area (Å²) in [4.78, 5) is 41.2. The van der Waals surface area contributed by atoms with Gasteiger partial charge in [0.25, 0.3) is 0 Å². The number of amides is 2. The minimum atomic E-state index is -0.555. The van der Waals surface area contributed by atoms with E-state index in [-0.39, 0.29) is 23.7 Å². The number of nitrogens with one attached hydrogen (secondary N) is 2. The van der Waals surface area contributed by atoms with Crippen molar-refractivity contribution in [1.29, 1.82) is 0 Å². The Hall–Kier alpha value is -1.28. The van der Waals surface area contributed by atoms with Gasteiger partial charge in [-0.05, 0) is 51.4 Å². The number of carbonyl (C=O) groups is 3. The van der Waals surface area contributed by atoms with E-state index in [1.165, 1.54) is 103 Å². The Labute approximate surface area is 308 Å². The molecule has 0 rings (SSSR count). The minimum Gasteiger partial charge on any atom is -0.466 e. The molecule has 7 nitrogen and oxygen atoms in total. The first-order valence-corrected chi connectivity index (χ1v) is 21.8. The number of rotatable bonds is 36. The molecular weight excluding hydrogens is 631 g/mol. The zero-order valence-electron chi connectivity index (χ0n) is 33.2. The highest BCUT2D eigenvalue weighted by Gasteiger charge is 2.25. The van der Waals surface area contributed by atoms with Gasteiger partial charge in [-0.25, -0.2) is 0 Å². The van der Waals surface area contributed by atoms with Crippen LogP contribution in [0.4, 0.5) is 0 Å². The molecule has 0 aromatic rings. The van der Waals surface area contributed by atoms with Gasteiger partial charge in [-0.1, -0.05) is 150 Å². The van der Waals surface area contributed by atoms with Gasteiger partial charge in [0.15, 0.2) is 0 Å². The standard InChI is InChI=1S/C41H81N3O4S/c1-7-9-11-13-15-16-20-24-28-37(27-23-19-14-12-10-8-2)40(46)43-38(41(47)42-31-32-44(5)6)29-34-49-35-30-39(45)48-33-25-21-17-18-22-26-36(3)4/h36-38H,7-35H2,1-6H3,(H,42,47)(H,43,46). The summed E-state index contributed by atoms with van der Waals surface area (Å²) in [6.07, 6.45) is 27.1. The molecule has 0 heterocycles. The first kappa shape index (κ1) is 47.7. The van der Waals surface area contributed by atoms with Crippen LogP contribution in [0.5, 0.6) is 0 Å². The maximum atomic E-state index is 13.7. The molecule has 0 aliphatic heterocycles. The Kier molecular flexibility index (Phi) is 34.2.